The molecule has 1 unspecified atom stereocenters. The van der Waals surface area contributed by atoms with E-state index in [2.05, 4.69) is 5.32 Å². The van der Waals surface area contributed by atoms with E-state index in [4.69, 9.17) is 4.74 Å². The van der Waals surface area contributed by atoms with Crippen LogP contribution in [0.3, 0.4) is 0 Å². The lowest BCUT2D eigenvalue weighted by molar-refractivity contribution is 0.133. The predicted molar refractivity (Wildman–Crippen MR) is 85.4 cm³/mol. The number of hydrogen-bond acceptors (Lipinski definition) is 3. The Morgan fingerprint density at radius 2 is 1.82 bits per heavy atom. The van der Waals surface area contributed by atoms with E-state index in [1.165, 1.54) is 0 Å². The maximum Gasteiger partial charge on any atom is 0.407 e. The number of benzene rings is 2. The largest absolute Gasteiger partial charge is 0.445 e. The number of alkyl carbamates (subject to hydrolysis) is 1. The van der Waals surface area contributed by atoms with Gasteiger partial charge in [0.15, 0.2) is 0 Å². The van der Waals surface area contributed by atoms with Crippen molar-refractivity contribution >= 4 is 6.09 Å². The van der Waals surface area contributed by atoms with E-state index in [1.807, 2.05) is 61.5 Å². The molecule has 0 radical (unpaired) electrons. The number of carbonyl (C=O) groups is 1. The van der Waals surface area contributed by atoms with Crippen LogP contribution in [-0.4, -0.2) is 17.8 Å². The van der Waals surface area contributed by atoms with Gasteiger partial charge in [-0.1, -0.05) is 54.6 Å². The average molecular weight is 299 g/mol. The number of rotatable bonds is 6. The molecule has 0 saturated heterocycles. The lowest BCUT2D eigenvalue weighted by atomic mass is 9.99. The first-order valence-electron chi connectivity index (χ1n) is 7.34. The molecule has 0 spiro atoms. The van der Waals surface area contributed by atoms with E-state index in [9.17, 15) is 9.90 Å². The summed E-state index contributed by atoms with van der Waals surface area (Å²) in [6.07, 6.45) is -0.0313. The molecule has 0 aliphatic carbocycles. The van der Waals surface area contributed by atoms with Crippen LogP contribution in [0, 0.1) is 6.92 Å². The minimum atomic E-state index is -0.481. The number of ether oxygens (including phenoxy) is 1. The summed E-state index contributed by atoms with van der Waals surface area (Å²) in [4.78, 5) is 12.0. The Kier molecular flexibility index (Phi) is 5.98. The highest BCUT2D eigenvalue weighted by Crippen LogP contribution is 2.20. The Bertz CT molecular complexity index is 598. The summed E-state index contributed by atoms with van der Waals surface area (Å²) in [7, 11) is 0. The van der Waals surface area contributed by atoms with Crippen molar-refractivity contribution in [3.63, 3.8) is 0 Å². The van der Waals surface area contributed by atoms with E-state index >= 15 is 0 Å². The van der Waals surface area contributed by atoms with Crippen molar-refractivity contribution < 1.29 is 14.6 Å². The number of aliphatic hydroxyl groups is 1. The Balaban J connectivity index is 1.96. The highest BCUT2D eigenvalue weighted by atomic mass is 16.5. The number of carbonyl (C=O) groups excluding carboxylic acids is 1. The Morgan fingerprint density at radius 1 is 1.14 bits per heavy atom. The molecular formula is C18H21NO3. The fraction of sp³-hybridized carbons (Fsp3) is 0.278. The maximum atomic E-state index is 12.0. The minimum absolute atomic E-state index is 0.00202. The molecule has 4 nitrogen and oxygen atoms in total. The average Bonchev–Trinajstić information content (AvgIpc) is 2.54. The SMILES string of the molecule is Cc1ccccc1C(CCO)NC(=O)OCc1ccccc1. The summed E-state index contributed by atoms with van der Waals surface area (Å²) in [5.41, 5.74) is 3.00. The van der Waals surface area contributed by atoms with Gasteiger partial charge in [-0.3, -0.25) is 0 Å². The van der Waals surface area contributed by atoms with Crippen LogP contribution in [0.5, 0.6) is 0 Å². The summed E-state index contributed by atoms with van der Waals surface area (Å²) in [6.45, 7) is 2.21. The summed E-state index contributed by atoms with van der Waals surface area (Å²) in [6, 6.07) is 17.1. The lowest BCUT2D eigenvalue weighted by Crippen LogP contribution is -2.30. The second-order valence-corrected chi connectivity index (χ2v) is 5.13. The lowest BCUT2D eigenvalue weighted by Gasteiger charge is -2.20. The molecule has 22 heavy (non-hydrogen) atoms. The molecule has 0 fully saturated rings. The van der Waals surface area contributed by atoms with E-state index in [0.717, 1.165) is 16.7 Å². The predicted octanol–water partition coefficient (Wildman–Crippen LogP) is 3.34. The number of hydrogen-bond donors (Lipinski definition) is 2. The number of aliphatic hydroxyl groups excluding tert-OH is 1. The Hall–Kier alpha value is -2.33. The molecule has 0 aliphatic heterocycles. The van der Waals surface area contributed by atoms with Gasteiger partial charge in [0, 0.05) is 6.61 Å². The van der Waals surface area contributed by atoms with Crippen molar-refractivity contribution in [1.82, 2.24) is 5.32 Å². The molecule has 2 rings (SSSR count). The molecule has 0 heterocycles. The van der Waals surface area contributed by atoms with Gasteiger partial charge < -0.3 is 15.2 Å². The van der Waals surface area contributed by atoms with Crippen LogP contribution in [0.25, 0.3) is 0 Å². The summed E-state index contributed by atoms with van der Waals surface area (Å²) < 4.78 is 5.23. The zero-order chi connectivity index (χ0) is 15.8. The van der Waals surface area contributed by atoms with Crippen molar-refractivity contribution in [2.24, 2.45) is 0 Å². The highest BCUT2D eigenvalue weighted by molar-refractivity contribution is 5.68. The van der Waals surface area contributed by atoms with Crippen LogP contribution < -0.4 is 5.32 Å². The van der Waals surface area contributed by atoms with Gasteiger partial charge in [0.05, 0.1) is 6.04 Å². The number of amides is 1. The van der Waals surface area contributed by atoms with Gasteiger partial charge in [-0.2, -0.15) is 0 Å². The second kappa shape index (κ2) is 8.20. The molecule has 0 aliphatic rings. The number of aryl methyl sites for hydroxylation is 1. The molecule has 4 heteroatoms. The second-order valence-electron chi connectivity index (χ2n) is 5.13. The minimum Gasteiger partial charge on any atom is -0.445 e. The van der Waals surface area contributed by atoms with Gasteiger partial charge in [-0.05, 0) is 30.0 Å². The first kappa shape index (κ1) is 16.0. The third kappa shape index (κ3) is 4.60. The summed E-state index contributed by atoms with van der Waals surface area (Å²) in [5, 5.41) is 12.0. The van der Waals surface area contributed by atoms with Crippen molar-refractivity contribution in [3.05, 3.63) is 71.3 Å². The van der Waals surface area contributed by atoms with Crippen LogP contribution in [0.4, 0.5) is 4.79 Å². The first-order valence-corrected chi connectivity index (χ1v) is 7.34. The molecule has 0 bridgehead atoms. The van der Waals surface area contributed by atoms with Gasteiger partial charge in [-0.15, -0.1) is 0 Å². The third-order valence-corrected chi connectivity index (χ3v) is 3.49. The quantitative estimate of drug-likeness (QED) is 0.860. The van der Waals surface area contributed by atoms with Crippen molar-refractivity contribution in [1.29, 1.82) is 0 Å². The van der Waals surface area contributed by atoms with Crippen LogP contribution in [-0.2, 0) is 11.3 Å². The van der Waals surface area contributed by atoms with Gasteiger partial charge in [0.2, 0.25) is 0 Å². The van der Waals surface area contributed by atoms with Crippen LogP contribution >= 0.6 is 0 Å². The van der Waals surface area contributed by atoms with Gasteiger partial charge >= 0.3 is 6.09 Å². The van der Waals surface area contributed by atoms with Gasteiger partial charge in [0.25, 0.3) is 0 Å². The molecule has 116 valence electrons. The molecule has 2 aromatic carbocycles. The fourth-order valence-electron chi connectivity index (χ4n) is 2.32. The summed E-state index contributed by atoms with van der Waals surface area (Å²) in [5.74, 6) is 0. The Labute approximate surface area is 130 Å². The van der Waals surface area contributed by atoms with Crippen LogP contribution in [0.2, 0.25) is 0 Å². The molecule has 0 saturated carbocycles. The van der Waals surface area contributed by atoms with E-state index in [0.29, 0.717) is 6.42 Å². The standard InChI is InChI=1S/C18H21NO3/c1-14-7-5-6-10-16(14)17(11-12-20)19-18(21)22-13-15-8-3-2-4-9-15/h2-10,17,20H,11-13H2,1H3,(H,19,21). The summed E-state index contributed by atoms with van der Waals surface area (Å²) >= 11 is 0. The van der Waals surface area contributed by atoms with Crippen molar-refractivity contribution in [2.45, 2.75) is 26.0 Å². The third-order valence-electron chi connectivity index (χ3n) is 3.49. The van der Waals surface area contributed by atoms with Crippen molar-refractivity contribution in [2.75, 3.05) is 6.61 Å². The van der Waals surface area contributed by atoms with Gasteiger partial charge in [-0.25, -0.2) is 4.79 Å². The zero-order valence-electron chi connectivity index (χ0n) is 12.7. The molecule has 0 aromatic heterocycles. The van der Waals surface area contributed by atoms with Crippen LogP contribution in [0.1, 0.15) is 29.2 Å². The van der Waals surface area contributed by atoms with Crippen LogP contribution in [0.15, 0.2) is 54.6 Å². The number of nitrogens with one attached hydrogen (secondary N) is 1. The smallest absolute Gasteiger partial charge is 0.407 e. The topological polar surface area (TPSA) is 58.6 Å². The molecular weight excluding hydrogens is 278 g/mol. The van der Waals surface area contributed by atoms with E-state index in [-0.39, 0.29) is 19.3 Å². The normalized spacial score (nSPS) is 11.7. The van der Waals surface area contributed by atoms with Gasteiger partial charge in [0.1, 0.15) is 6.61 Å². The first-order chi connectivity index (χ1) is 10.7. The zero-order valence-corrected chi connectivity index (χ0v) is 12.7. The Morgan fingerprint density at radius 3 is 2.50 bits per heavy atom. The fourth-order valence-corrected chi connectivity index (χ4v) is 2.32. The van der Waals surface area contributed by atoms with Crippen molar-refractivity contribution in [3.8, 4) is 0 Å². The molecule has 2 N–H and O–H groups in total. The molecule has 2 aromatic rings. The maximum absolute atomic E-state index is 12.0. The monoisotopic (exact) mass is 299 g/mol. The molecule has 1 atom stereocenters. The molecule has 1 amide bonds. The highest BCUT2D eigenvalue weighted by Gasteiger charge is 2.16. The van der Waals surface area contributed by atoms with E-state index < -0.39 is 6.09 Å². The van der Waals surface area contributed by atoms with E-state index in [1.54, 1.807) is 0 Å².